The van der Waals surface area contributed by atoms with Crippen LogP contribution in [0.25, 0.3) is 10.9 Å². The number of rotatable bonds is 4. The molecule has 2 aromatic heterocycles. The molecule has 1 N–H and O–H groups in total. The Balaban J connectivity index is 1.65. The fourth-order valence-corrected chi connectivity index (χ4v) is 3.54. The topological polar surface area (TPSA) is 59.8 Å². The minimum absolute atomic E-state index is 0.150. The van der Waals surface area contributed by atoms with Crippen LogP contribution in [0.15, 0.2) is 60.8 Å². The van der Waals surface area contributed by atoms with Crippen molar-refractivity contribution in [3.8, 4) is 0 Å². The van der Waals surface area contributed by atoms with Crippen molar-refractivity contribution in [3.63, 3.8) is 0 Å². The fourth-order valence-electron chi connectivity index (χ4n) is 3.54. The molecule has 0 fully saturated rings. The molecule has 4 rings (SSSR count). The first-order chi connectivity index (χ1) is 13.5. The maximum absolute atomic E-state index is 13.1. The SMILES string of the molecule is Cc1nn(Cc2ccccc2)c(C)c1C(=O)Nc1ccc(C)c2ncccc12. The van der Waals surface area contributed by atoms with E-state index in [-0.39, 0.29) is 5.91 Å². The monoisotopic (exact) mass is 370 g/mol. The molecule has 0 spiro atoms. The van der Waals surface area contributed by atoms with Gasteiger partial charge in [-0.25, -0.2) is 0 Å². The van der Waals surface area contributed by atoms with Gasteiger partial charge in [0.2, 0.25) is 0 Å². The lowest BCUT2D eigenvalue weighted by molar-refractivity contribution is 0.102. The van der Waals surface area contributed by atoms with Gasteiger partial charge in [-0.15, -0.1) is 0 Å². The molecule has 0 aliphatic carbocycles. The summed E-state index contributed by atoms with van der Waals surface area (Å²) in [6, 6.07) is 17.9. The smallest absolute Gasteiger partial charge is 0.259 e. The Hall–Kier alpha value is -3.47. The molecule has 1 amide bonds. The average molecular weight is 370 g/mol. The number of benzene rings is 2. The van der Waals surface area contributed by atoms with Crippen LogP contribution in [0.5, 0.6) is 0 Å². The van der Waals surface area contributed by atoms with E-state index in [1.165, 1.54) is 0 Å². The number of anilines is 1. The van der Waals surface area contributed by atoms with Gasteiger partial charge in [0.05, 0.1) is 29.0 Å². The van der Waals surface area contributed by atoms with Crippen molar-refractivity contribution in [2.75, 3.05) is 5.32 Å². The predicted molar refractivity (Wildman–Crippen MR) is 112 cm³/mol. The number of nitrogens with one attached hydrogen (secondary N) is 1. The largest absolute Gasteiger partial charge is 0.321 e. The average Bonchev–Trinajstić information content (AvgIpc) is 2.98. The third kappa shape index (κ3) is 3.27. The van der Waals surface area contributed by atoms with Crippen LogP contribution < -0.4 is 5.32 Å². The highest BCUT2D eigenvalue weighted by atomic mass is 16.1. The van der Waals surface area contributed by atoms with E-state index in [1.807, 2.05) is 67.9 Å². The minimum Gasteiger partial charge on any atom is -0.321 e. The lowest BCUT2D eigenvalue weighted by atomic mass is 10.1. The van der Waals surface area contributed by atoms with Gasteiger partial charge in [-0.2, -0.15) is 5.10 Å². The van der Waals surface area contributed by atoms with Crippen LogP contribution in [-0.4, -0.2) is 20.7 Å². The summed E-state index contributed by atoms with van der Waals surface area (Å²) in [5.41, 5.74) is 6.08. The van der Waals surface area contributed by atoms with E-state index in [2.05, 4.69) is 27.5 Å². The van der Waals surface area contributed by atoms with Crippen LogP contribution in [0, 0.1) is 20.8 Å². The molecule has 0 saturated heterocycles. The van der Waals surface area contributed by atoms with Crippen LogP contribution in [0.3, 0.4) is 0 Å². The Kier molecular flexibility index (Phi) is 4.65. The molecule has 140 valence electrons. The van der Waals surface area contributed by atoms with E-state index >= 15 is 0 Å². The van der Waals surface area contributed by atoms with Gasteiger partial charge in [0, 0.05) is 17.3 Å². The van der Waals surface area contributed by atoms with Gasteiger partial charge in [0.15, 0.2) is 0 Å². The second kappa shape index (κ2) is 7.27. The van der Waals surface area contributed by atoms with Crippen LogP contribution in [0.4, 0.5) is 5.69 Å². The van der Waals surface area contributed by atoms with Gasteiger partial charge in [-0.05, 0) is 50.1 Å². The lowest BCUT2D eigenvalue weighted by Gasteiger charge is -2.10. The Morgan fingerprint density at radius 3 is 2.57 bits per heavy atom. The van der Waals surface area contributed by atoms with E-state index in [1.54, 1.807) is 6.20 Å². The van der Waals surface area contributed by atoms with Crippen molar-refractivity contribution >= 4 is 22.5 Å². The standard InChI is InChI=1S/C23H22N4O/c1-15-11-12-20(19-10-7-13-24-22(15)19)25-23(28)21-16(2)26-27(17(21)3)14-18-8-5-4-6-9-18/h4-13H,14H2,1-3H3,(H,25,28). The van der Waals surface area contributed by atoms with Crippen LogP contribution in [0.2, 0.25) is 0 Å². The minimum atomic E-state index is -0.150. The molecule has 0 aliphatic heterocycles. The first kappa shape index (κ1) is 17.9. The van der Waals surface area contributed by atoms with E-state index in [4.69, 9.17) is 0 Å². The van der Waals surface area contributed by atoms with E-state index in [9.17, 15) is 4.79 Å². The highest BCUT2D eigenvalue weighted by Crippen LogP contribution is 2.26. The number of pyridine rings is 1. The van der Waals surface area contributed by atoms with Gasteiger partial charge in [0.25, 0.3) is 5.91 Å². The van der Waals surface area contributed by atoms with Gasteiger partial charge in [-0.3, -0.25) is 14.5 Å². The number of fused-ring (bicyclic) bond motifs is 1. The molecular weight excluding hydrogens is 348 g/mol. The zero-order chi connectivity index (χ0) is 19.7. The van der Waals surface area contributed by atoms with Crippen LogP contribution in [0.1, 0.15) is 32.9 Å². The number of aryl methyl sites for hydroxylation is 2. The van der Waals surface area contributed by atoms with Crippen molar-refractivity contribution in [1.82, 2.24) is 14.8 Å². The molecule has 0 unspecified atom stereocenters. The molecule has 4 aromatic rings. The zero-order valence-corrected chi connectivity index (χ0v) is 16.2. The third-order valence-electron chi connectivity index (χ3n) is 5.00. The number of hydrogen-bond donors (Lipinski definition) is 1. The van der Waals surface area contributed by atoms with Gasteiger partial charge in [0.1, 0.15) is 0 Å². The summed E-state index contributed by atoms with van der Waals surface area (Å²) < 4.78 is 1.88. The predicted octanol–water partition coefficient (Wildman–Crippen LogP) is 4.66. The van der Waals surface area contributed by atoms with E-state index < -0.39 is 0 Å². The maximum Gasteiger partial charge on any atom is 0.259 e. The number of hydrogen-bond acceptors (Lipinski definition) is 3. The molecule has 5 heteroatoms. The molecule has 2 heterocycles. The number of carbonyl (C=O) groups is 1. The molecule has 0 radical (unpaired) electrons. The van der Waals surface area contributed by atoms with Crippen molar-refractivity contribution in [2.45, 2.75) is 27.3 Å². The Labute approximate surface area is 164 Å². The van der Waals surface area contributed by atoms with Crippen molar-refractivity contribution in [2.24, 2.45) is 0 Å². The summed E-state index contributed by atoms with van der Waals surface area (Å²) in [7, 11) is 0. The van der Waals surface area contributed by atoms with Crippen molar-refractivity contribution < 1.29 is 4.79 Å². The fraction of sp³-hybridized carbons (Fsp3) is 0.174. The first-order valence-electron chi connectivity index (χ1n) is 9.28. The van der Waals surface area contributed by atoms with Gasteiger partial charge < -0.3 is 5.32 Å². The molecule has 0 aliphatic rings. The molecule has 2 aromatic carbocycles. The Bertz CT molecular complexity index is 1160. The Morgan fingerprint density at radius 2 is 1.79 bits per heavy atom. The first-order valence-corrected chi connectivity index (χ1v) is 9.28. The Morgan fingerprint density at radius 1 is 1.00 bits per heavy atom. The van der Waals surface area contributed by atoms with Crippen LogP contribution >= 0.6 is 0 Å². The second-order valence-electron chi connectivity index (χ2n) is 6.97. The summed E-state index contributed by atoms with van der Waals surface area (Å²) in [5.74, 6) is -0.150. The number of amides is 1. The third-order valence-corrected chi connectivity index (χ3v) is 5.00. The van der Waals surface area contributed by atoms with E-state index in [0.717, 1.165) is 39.1 Å². The number of carbonyl (C=O) groups excluding carboxylic acids is 1. The zero-order valence-electron chi connectivity index (χ0n) is 16.2. The van der Waals surface area contributed by atoms with Gasteiger partial charge >= 0.3 is 0 Å². The maximum atomic E-state index is 13.1. The number of nitrogens with zero attached hydrogens (tertiary/aromatic N) is 3. The summed E-state index contributed by atoms with van der Waals surface area (Å²) >= 11 is 0. The normalized spacial score (nSPS) is 11.0. The molecule has 0 saturated carbocycles. The lowest BCUT2D eigenvalue weighted by Crippen LogP contribution is -2.15. The van der Waals surface area contributed by atoms with Crippen LogP contribution in [-0.2, 0) is 6.54 Å². The highest BCUT2D eigenvalue weighted by molar-refractivity contribution is 6.10. The summed E-state index contributed by atoms with van der Waals surface area (Å²) in [4.78, 5) is 17.5. The summed E-state index contributed by atoms with van der Waals surface area (Å²) in [5, 5.41) is 8.58. The molecule has 5 nitrogen and oxygen atoms in total. The second-order valence-corrected chi connectivity index (χ2v) is 6.97. The molecule has 0 bridgehead atoms. The number of aromatic nitrogens is 3. The van der Waals surface area contributed by atoms with Gasteiger partial charge in [-0.1, -0.05) is 36.4 Å². The quantitative estimate of drug-likeness (QED) is 0.568. The van der Waals surface area contributed by atoms with Crippen molar-refractivity contribution in [1.29, 1.82) is 0 Å². The molecular formula is C23H22N4O. The summed E-state index contributed by atoms with van der Waals surface area (Å²) in [6.45, 7) is 6.46. The van der Waals surface area contributed by atoms with Crippen molar-refractivity contribution in [3.05, 3.63) is 88.9 Å². The summed E-state index contributed by atoms with van der Waals surface area (Å²) in [6.07, 6.45) is 1.77. The molecule has 0 atom stereocenters. The molecule has 28 heavy (non-hydrogen) atoms. The van der Waals surface area contributed by atoms with E-state index in [0.29, 0.717) is 12.1 Å². The highest BCUT2D eigenvalue weighted by Gasteiger charge is 2.19.